The summed E-state index contributed by atoms with van der Waals surface area (Å²) in [6, 6.07) is 4.01. The zero-order valence-electron chi connectivity index (χ0n) is 15.1. The van der Waals surface area contributed by atoms with Crippen molar-refractivity contribution < 1.29 is 28.2 Å². The van der Waals surface area contributed by atoms with Gasteiger partial charge in [-0.05, 0) is 36.6 Å². The van der Waals surface area contributed by atoms with E-state index in [2.05, 4.69) is 10.1 Å². The number of nitrogens with zero attached hydrogens (tertiary/aromatic N) is 3. The van der Waals surface area contributed by atoms with Gasteiger partial charge in [0.1, 0.15) is 6.33 Å². The van der Waals surface area contributed by atoms with Crippen LogP contribution in [0.4, 0.5) is 13.2 Å². The zero-order chi connectivity index (χ0) is 21.3. The number of aliphatic hydroxyl groups is 1. The smallest absolute Gasteiger partial charge is 0.416 e. The molecule has 2 heterocycles. The molecule has 0 aliphatic carbocycles. The van der Waals surface area contributed by atoms with Gasteiger partial charge >= 0.3 is 12.1 Å². The minimum absolute atomic E-state index is 0. The van der Waals surface area contributed by atoms with Gasteiger partial charge in [0.2, 0.25) is 5.43 Å². The largest absolute Gasteiger partial charge is 0.508 e. The molecular weight excluding hydrogens is 429 g/mol. The van der Waals surface area contributed by atoms with Gasteiger partial charge in [0.15, 0.2) is 22.8 Å². The van der Waals surface area contributed by atoms with E-state index in [0.29, 0.717) is 17.5 Å². The molecule has 3 aromatic rings. The number of aromatic nitrogens is 3. The van der Waals surface area contributed by atoms with E-state index in [9.17, 15) is 27.9 Å². The molecule has 12 heteroatoms. The molecule has 0 aliphatic rings. The van der Waals surface area contributed by atoms with Gasteiger partial charge in [0.05, 0.1) is 5.56 Å². The maximum atomic E-state index is 12.6. The third-order valence-electron chi connectivity index (χ3n) is 4.35. The fraction of sp³-hybridized carbons (Fsp3) is 0.222. The molecule has 3 rings (SSSR count). The first-order valence-corrected chi connectivity index (χ1v) is 8.33. The van der Waals surface area contributed by atoms with Crippen molar-refractivity contribution in [3.63, 3.8) is 0 Å². The third kappa shape index (κ3) is 4.52. The van der Waals surface area contributed by atoms with Crippen LogP contribution in [-0.2, 0) is 23.8 Å². The van der Waals surface area contributed by atoms with Gasteiger partial charge in [-0.25, -0.2) is 9.50 Å². The third-order valence-corrected chi connectivity index (χ3v) is 4.35. The predicted octanol–water partition coefficient (Wildman–Crippen LogP) is 1.11. The van der Waals surface area contributed by atoms with E-state index in [1.165, 1.54) is 18.2 Å². The SMILES string of the molecule is Cl.NC(C(=O)O)C(O)=c1c(=O)cc(CCc2ccc(C(F)(F)F)cc2)c2ncnn12. The van der Waals surface area contributed by atoms with Gasteiger partial charge in [-0.2, -0.15) is 18.3 Å². The van der Waals surface area contributed by atoms with Crippen molar-refractivity contribution in [1.82, 2.24) is 14.6 Å². The number of carbonyl (C=O) groups is 1. The van der Waals surface area contributed by atoms with E-state index in [-0.39, 0.29) is 24.5 Å². The van der Waals surface area contributed by atoms with Gasteiger partial charge in [0.25, 0.3) is 0 Å². The van der Waals surface area contributed by atoms with Crippen LogP contribution in [0.1, 0.15) is 16.7 Å². The van der Waals surface area contributed by atoms with Gasteiger partial charge in [0, 0.05) is 5.56 Å². The molecule has 8 nitrogen and oxygen atoms in total. The number of halogens is 4. The van der Waals surface area contributed by atoms with Crippen LogP contribution in [-0.4, -0.2) is 36.8 Å². The molecule has 1 aromatic carbocycles. The topological polar surface area (TPSA) is 131 Å². The quantitative estimate of drug-likeness (QED) is 0.537. The highest BCUT2D eigenvalue weighted by molar-refractivity contribution is 5.85. The standard InChI is InChI=1S/C18H15F3N4O4.ClH/c19-18(20,21)11-5-2-9(3-6-11)1-4-10-7-12(26)14(15(27)13(22)17(28)29)25-16(10)23-8-24-25;/h2-3,5-8,13,27H,1,4,22H2,(H,28,29);1H. The van der Waals surface area contributed by atoms with Crippen LogP contribution in [0.2, 0.25) is 0 Å². The fourth-order valence-electron chi connectivity index (χ4n) is 2.84. The molecule has 0 aliphatic heterocycles. The summed E-state index contributed by atoms with van der Waals surface area (Å²) in [5.74, 6) is -2.38. The average Bonchev–Trinajstić information content (AvgIpc) is 3.14. The first kappa shape index (κ1) is 23.1. The molecule has 4 N–H and O–H groups in total. The summed E-state index contributed by atoms with van der Waals surface area (Å²) in [6.07, 6.45) is -2.72. The van der Waals surface area contributed by atoms with Crippen molar-refractivity contribution in [3.05, 3.63) is 68.9 Å². The summed E-state index contributed by atoms with van der Waals surface area (Å²) in [5, 5.41) is 22.5. The number of carboxylic acid groups (broad SMARTS) is 1. The van der Waals surface area contributed by atoms with Crippen molar-refractivity contribution >= 4 is 29.8 Å². The van der Waals surface area contributed by atoms with Crippen LogP contribution in [0.15, 0.2) is 41.5 Å². The second kappa shape index (κ2) is 8.67. The normalized spacial score (nSPS) is 13.6. The van der Waals surface area contributed by atoms with Crippen molar-refractivity contribution in [3.8, 4) is 0 Å². The van der Waals surface area contributed by atoms with Crippen LogP contribution < -0.4 is 16.5 Å². The van der Waals surface area contributed by atoms with Crippen LogP contribution in [0.5, 0.6) is 0 Å². The lowest BCUT2D eigenvalue weighted by atomic mass is 10.0. The van der Waals surface area contributed by atoms with Crippen molar-refractivity contribution in [2.24, 2.45) is 5.73 Å². The molecule has 1 atom stereocenters. The molecule has 0 spiro atoms. The lowest BCUT2D eigenvalue weighted by Crippen LogP contribution is -2.42. The second-order valence-electron chi connectivity index (χ2n) is 6.27. The van der Waals surface area contributed by atoms with E-state index >= 15 is 0 Å². The maximum absolute atomic E-state index is 12.6. The Labute approximate surface area is 172 Å². The number of aryl methyl sites for hydroxylation is 2. The lowest BCUT2D eigenvalue weighted by molar-refractivity contribution is -0.138. The maximum Gasteiger partial charge on any atom is 0.416 e. The van der Waals surface area contributed by atoms with E-state index in [1.54, 1.807) is 0 Å². The summed E-state index contributed by atoms with van der Waals surface area (Å²) in [4.78, 5) is 27.4. The molecule has 2 aromatic heterocycles. The minimum Gasteiger partial charge on any atom is -0.508 e. The Bertz CT molecular complexity index is 1180. The molecule has 0 saturated carbocycles. The summed E-state index contributed by atoms with van der Waals surface area (Å²) >= 11 is 0. The van der Waals surface area contributed by atoms with Gasteiger partial charge < -0.3 is 15.9 Å². The summed E-state index contributed by atoms with van der Waals surface area (Å²) < 4.78 is 38.9. The highest BCUT2D eigenvalue weighted by Crippen LogP contribution is 2.29. The molecule has 160 valence electrons. The second-order valence-corrected chi connectivity index (χ2v) is 6.27. The highest BCUT2D eigenvalue weighted by atomic mass is 35.5. The minimum atomic E-state index is -4.42. The molecule has 0 bridgehead atoms. The Hall–Kier alpha value is -3.18. The Balaban J connectivity index is 0.00000320. The number of fused-ring (bicyclic) bond motifs is 1. The van der Waals surface area contributed by atoms with Gasteiger partial charge in [-0.15, -0.1) is 12.4 Å². The summed E-state index contributed by atoms with van der Waals surface area (Å²) in [5.41, 5.74) is 5.17. The van der Waals surface area contributed by atoms with E-state index in [0.717, 1.165) is 23.0 Å². The molecule has 0 radical (unpaired) electrons. The van der Waals surface area contributed by atoms with Crippen LogP contribution >= 0.6 is 12.4 Å². The molecule has 1 unspecified atom stereocenters. The zero-order valence-corrected chi connectivity index (χ0v) is 15.9. The Morgan fingerprint density at radius 1 is 1.17 bits per heavy atom. The first-order valence-electron chi connectivity index (χ1n) is 8.33. The number of rotatable bonds is 5. The average molecular weight is 445 g/mol. The van der Waals surface area contributed by atoms with Gasteiger partial charge in [-0.3, -0.25) is 9.59 Å². The van der Waals surface area contributed by atoms with Crippen molar-refractivity contribution in [1.29, 1.82) is 0 Å². The monoisotopic (exact) mass is 444 g/mol. The van der Waals surface area contributed by atoms with E-state index in [1.807, 2.05) is 0 Å². The lowest BCUT2D eigenvalue weighted by Gasteiger charge is -2.09. The molecule has 0 amide bonds. The number of hydrogen-bond acceptors (Lipinski definition) is 6. The number of nitrogens with two attached hydrogens (primary N) is 1. The van der Waals surface area contributed by atoms with Crippen molar-refractivity contribution in [2.75, 3.05) is 0 Å². The Morgan fingerprint density at radius 2 is 1.80 bits per heavy atom. The Morgan fingerprint density at radius 3 is 2.37 bits per heavy atom. The molecular formula is C18H16ClF3N4O4. The van der Waals surface area contributed by atoms with Crippen molar-refractivity contribution in [2.45, 2.75) is 25.1 Å². The van der Waals surface area contributed by atoms with Crippen LogP contribution in [0.25, 0.3) is 11.4 Å². The fourth-order valence-corrected chi connectivity index (χ4v) is 2.84. The highest BCUT2D eigenvalue weighted by Gasteiger charge is 2.29. The van der Waals surface area contributed by atoms with E-state index in [4.69, 9.17) is 10.8 Å². The number of carboxylic acids is 1. The molecule has 30 heavy (non-hydrogen) atoms. The number of aliphatic carboxylic acids is 1. The number of pyridine rings is 1. The van der Waals surface area contributed by atoms with E-state index < -0.39 is 40.3 Å². The number of alkyl halides is 3. The van der Waals surface area contributed by atoms with Crippen LogP contribution in [0, 0.1) is 0 Å². The number of hydrogen-bond donors (Lipinski definition) is 3. The predicted molar refractivity (Wildman–Crippen MR) is 102 cm³/mol. The Kier molecular flexibility index (Phi) is 6.68. The number of benzene rings is 1. The summed E-state index contributed by atoms with van der Waals surface area (Å²) in [6.45, 7) is 0. The number of aliphatic hydroxyl groups excluding tert-OH is 1. The summed E-state index contributed by atoms with van der Waals surface area (Å²) in [7, 11) is 0. The molecule has 0 fully saturated rings. The first-order chi connectivity index (χ1) is 13.6. The van der Waals surface area contributed by atoms with Crippen LogP contribution in [0.3, 0.4) is 0 Å². The van der Waals surface area contributed by atoms with Gasteiger partial charge in [-0.1, -0.05) is 12.1 Å². The molecule has 0 saturated heterocycles.